The molecule has 39 heavy (non-hydrogen) atoms. The average Bonchev–Trinajstić information content (AvgIpc) is 3.46. The van der Waals surface area contributed by atoms with Crippen LogP contribution in [0.15, 0.2) is 59.1 Å². The Kier molecular flexibility index (Phi) is 15.3. The fraction of sp³-hybridized carbons (Fsp3) is 0.571. The summed E-state index contributed by atoms with van der Waals surface area (Å²) in [5.74, 6) is 2.58. The Morgan fingerprint density at radius 1 is 0.513 bits per heavy atom. The van der Waals surface area contributed by atoms with E-state index in [0.29, 0.717) is 0 Å². The zero-order valence-electron chi connectivity index (χ0n) is 24.6. The molecular formula is C35H51NO3. The number of ether oxygens (including phenoxy) is 2. The Hall–Kier alpha value is -2.75. The summed E-state index contributed by atoms with van der Waals surface area (Å²) >= 11 is 0. The molecule has 0 atom stereocenters. The van der Waals surface area contributed by atoms with Crippen molar-refractivity contribution in [3.05, 3.63) is 54.6 Å². The maximum atomic E-state index is 5.94. The molecular weight excluding hydrogens is 482 g/mol. The quantitative estimate of drug-likeness (QED) is 0.120. The molecule has 3 rings (SSSR count). The maximum absolute atomic E-state index is 5.94. The first-order valence-electron chi connectivity index (χ1n) is 15.7. The van der Waals surface area contributed by atoms with Crippen molar-refractivity contribution in [1.82, 2.24) is 5.16 Å². The molecule has 0 unspecified atom stereocenters. The maximum Gasteiger partial charge on any atom is 0.167 e. The second-order valence-corrected chi connectivity index (χ2v) is 10.8. The van der Waals surface area contributed by atoms with Crippen LogP contribution in [0.5, 0.6) is 11.5 Å². The van der Waals surface area contributed by atoms with Crippen molar-refractivity contribution in [1.29, 1.82) is 0 Å². The third kappa shape index (κ3) is 12.3. The molecule has 0 saturated heterocycles. The molecule has 3 aromatic rings. The Bertz CT molecular complexity index is 913. The number of aromatic nitrogens is 1. The fourth-order valence-electron chi connectivity index (χ4n) is 4.84. The molecule has 4 nitrogen and oxygen atoms in total. The minimum atomic E-state index is 0.759. The number of unbranched alkanes of at least 4 members (excludes halogenated alkanes) is 14. The number of hydrogen-bond acceptors (Lipinski definition) is 4. The highest BCUT2D eigenvalue weighted by atomic mass is 16.5. The van der Waals surface area contributed by atoms with E-state index in [2.05, 4.69) is 19.0 Å². The summed E-state index contributed by atoms with van der Waals surface area (Å²) in [5.41, 5.74) is 2.85. The summed E-state index contributed by atoms with van der Waals surface area (Å²) in [6, 6.07) is 18.2. The van der Waals surface area contributed by atoms with Gasteiger partial charge in [-0.2, -0.15) is 0 Å². The molecule has 0 radical (unpaired) electrons. The summed E-state index contributed by atoms with van der Waals surface area (Å²) in [6.45, 7) is 6.09. The molecule has 0 N–H and O–H groups in total. The minimum Gasteiger partial charge on any atom is -0.494 e. The van der Waals surface area contributed by atoms with Gasteiger partial charge in [-0.3, -0.25) is 0 Å². The fourth-order valence-corrected chi connectivity index (χ4v) is 4.84. The first-order valence-corrected chi connectivity index (χ1v) is 15.7. The lowest BCUT2D eigenvalue weighted by atomic mass is 10.1. The molecule has 1 heterocycles. The number of hydrogen-bond donors (Lipinski definition) is 0. The molecule has 0 bridgehead atoms. The van der Waals surface area contributed by atoms with Crippen molar-refractivity contribution >= 4 is 0 Å². The molecule has 0 fully saturated rings. The Balaban J connectivity index is 1.33. The van der Waals surface area contributed by atoms with E-state index in [1.165, 1.54) is 89.9 Å². The summed E-state index contributed by atoms with van der Waals surface area (Å²) in [7, 11) is 0. The van der Waals surface area contributed by atoms with Crippen LogP contribution in [0, 0.1) is 0 Å². The van der Waals surface area contributed by atoms with E-state index < -0.39 is 0 Å². The number of rotatable bonds is 22. The Labute approximate surface area is 237 Å². The Morgan fingerprint density at radius 2 is 0.923 bits per heavy atom. The number of nitrogens with zero attached hydrogens (tertiary/aromatic N) is 1. The summed E-state index contributed by atoms with van der Waals surface area (Å²) in [4.78, 5) is 0. The Morgan fingerprint density at radius 3 is 1.38 bits per heavy atom. The van der Waals surface area contributed by atoms with Gasteiger partial charge in [-0.1, -0.05) is 109 Å². The molecule has 0 aliphatic heterocycles. The van der Waals surface area contributed by atoms with Crippen molar-refractivity contribution in [2.75, 3.05) is 13.2 Å². The van der Waals surface area contributed by atoms with Crippen LogP contribution in [0.1, 0.15) is 117 Å². The second kappa shape index (κ2) is 19.3. The molecule has 214 valence electrons. The van der Waals surface area contributed by atoms with E-state index in [4.69, 9.17) is 14.0 Å². The van der Waals surface area contributed by atoms with Gasteiger partial charge < -0.3 is 14.0 Å². The van der Waals surface area contributed by atoms with E-state index in [1.807, 2.05) is 54.6 Å². The van der Waals surface area contributed by atoms with Gasteiger partial charge in [0.2, 0.25) is 0 Å². The SMILES string of the molecule is CCCCCCCCCCOc1ccc(-c2cc(-c3ccc(OCCCCCCCCCC)cc3)on2)cc1. The monoisotopic (exact) mass is 533 g/mol. The first-order chi connectivity index (χ1) is 19.3. The topological polar surface area (TPSA) is 44.5 Å². The largest absolute Gasteiger partial charge is 0.494 e. The molecule has 4 heteroatoms. The van der Waals surface area contributed by atoms with E-state index in [0.717, 1.165) is 60.1 Å². The van der Waals surface area contributed by atoms with E-state index in [1.54, 1.807) is 0 Å². The van der Waals surface area contributed by atoms with Gasteiger partial charge in [0.25, 0.3) is 0 Å². The van der Waals surface area contributed by atoms with Crippen molar-refractivity contribution in [3.63, 3.8) is 0 Å². The van der Waals surface area contributed by atoms with Crippen LogP contribution in [0.4, 0.5) is 0 Å². The standard InChI is InChI=1S/C35H51NO3/c1-3-5-7-9-11-13-15-17-27-37-32-23-19-30(20-24-32)34-29-35(39-36-34)31-21-25-33(26-22-31)38-28-18-16-14-12-10-8-6-4-2/h19-26,29H,3-18,27-28H2,1-2H3. The second-order valence-electron chi connectivity index (χ2n) is 10.8. The molecule has 0 aliphatic rings. The van der Waals surface area contributed by atoms with Gasteiger partial charge in [0.05, 0.1) is 13.2 Å². The van der Waals surface area contributed by atoms with Gasteiger partial charge in [0.15, 0.2) is 5.76 Å². The smallest absolute Gasteiger partial charge is 0.167 e. The normalized spacial score (nSPS) is 11.1. The van der Waals surface area contributed by atoms with Crippen LogP contribution in [0.3, 0.4) is 0 Å². The van der Waals surface area contributed by atoms with Crippen molar-refractivity contribution in [2.45, 2.75) is 117 Å². The highest BCUT2D eigenvalue weighted by Gasteiger charge is 2.09. The van der Waals surface area contributed by atoms with E-state index in [9.17, 15) is 0 Å². The van der Waals surface area contributed by atoms with Crippen LogP contribution in [-0.2, 0) is 0 Å². The lowest BCUT2D eigenvalue weighted by Gasteiger charge is -2.07. The van der Waals surface area contributed by atoms with Gasteiger partial charge in [-0.15, -0.1) is 0 Å². The van der Waals surface area contributed by atoms with Crippen LogP contribution in [0.2, 0.25) is 0 Å². The lowest BCUT2D eigenvalue weighted by molar-refractivity contribution is 0.304. The zero-order valence-corrected chi connectivity index (χ0v) is 24.6. The third-order valence-corrected chi connectivity index (χ3v) is 7.33. The van der Waals surface area contributed by atoms with Crippen LogP contribution in [0.25, 0.3) is 22.6 Å². The van der Waals surface area contributed by atoms with Gasteiger partial charge in [0.1, 0.15) is 17.2 Å². The van der Waals surface area contributed by atoms with Crippen LogP contribution in [-0.4, -0.2) is 18.4 Å². The number of benzene rings is 2. The highest BCUT2D eigenvalue weighted by molar-refractivity contribution is 5.67. The zero-order chi connectivity index (χ0) is 27.4. The van der Waals surface area contributed by atoms with E-state index >= 15 is 0 Å². The van der Waals surface area contributed by atoms with Crippen molar-refractivity contribution < 1.29 is 14.0 Å². The molecule has 0 spiro atoms. The van der Waals surface area contributed by atoms with Gasteiger partial charge in [-0.05, 0) is 61.4 Å². The first kappa shape index (κ1) is 30.8. The van der Waals surface area contributed by atoms with Crippen LogP contribution >= 0.6 is 0 Å². The summed E-state index contributed by atoms with van der Waals surface area (Å²) in [6.07, 6.45) is 20.9. The minimum absolute atomic E-state index is 0.759. The van der Waals surface area contributed by atoms with E-state index in [-0.39, 0.29) is 0 Å². The third-order valence-electron chi connectivity index (χ3n) is 7.33. The highest BCUT2D eigenvalue weighted by Crippen LogP contribution is 2.28. The van der Waals surface area contributed by atoms with Gasteiger partial charge >= 0.3 is 0 Å². The van der Waals surface area contributed by atoms with Gasteiger partial charge in [-0.25, -0.2) is 0 Å². The molecule has 2 aromatic carbocycles. The molecule has 0 saturated carbocycles. The molecule has 0 aliphatic carbocycles. The van der Waals surface area contributed by atoms with Crippen molar-refractivity contribution in [3.8, 4) is 34.1 Å². The molecule has 1 aromatic heterocycles. The van der Waals surface area contributed by atoms with Crippen LogP contribution < -0.4 is 9.47 Å². The van der Waals surface area contributed by atoms with Gasteiger partial charge in [0, 0.05) is 17.2 Å². The van der Waals surface area contributed by atoms with Crippen molar-refractivity contribution in [2.24, 2.45) is 0 Å². The molecule has 0 amide bonds. The summed E-state index contributed by atoms with van der Waals surface area (Å²) in [5, 5.41) is 4.29. The lowest BCUT2D eigenvalue weighted by Crippen LogP contribution is -1.97. The predicted molar refractivity (Wildman–Crippen MR) is 164 cm³/mol. The average molecular weight is 534 g/mol. The summed E-state index contributed by atoms with van der Waals surface area (Å²) < 4.78 is 17.5. The predicted octanol–water partition coefficient (Wildman–Crippen LogP) is 11.0.